The number of benzene rings is 2. The van der Waals surface area contributed by atoms with Crippen LogP contribution in [-0.2, 0) is 6.18 Å². The van der Waals surface area contributed by atoms with Crippen molar-refractivity contribution in [2.45, 2.75) is 32.4 Å². The largest absolute Gasteiger partial charge is 0.416 e. The fourth-order valence-corrected chi connectivity index (χ4v) is 5.73. The number of likely N-dealkylation sites (tertiary alicyclic amines) is 1. The Balaban J connectivity index is 1.58. The molecule has 11 heteroatoms. The van der Waals surface area contributed by atoms with E-state index in [1.165, 1.54) is 31.0 Å². The van der Waals surface area contributed by atoms with Crippen molar-refractivity contribution in [2.24, 2.45) is 0 Å². The predicted octanol–water partition coefficient (Wildman–Crippen LogP) is 5.25. The van der Waals surface area contributed by atoms with Gasteiger partial charge in [0.25, 0.3) is 11.5 Å². The Labute approximate surface area is 247 Å². The second-order valence-corrected chi connectivity index (χ2v) is 11.1. The van der Waals surface area contributed by atoms with Gasteiger partial charge in [-0.1, -0.05) is 6.07 Å². The van der Waals surface area contributed by atoms with Gasteiger partial charge in [0, 0.05) is 42.8 Å². The van der Waals surface area contributed by atoms with E-state index in [1.54, 1.807) is 48.1 Å². The summed E-state index contributed by atoms with van der Waals surface area (Å²) in [6.07, 6.45) is 0.0306. The number of carbonyl (C=O) groups excluding carboxylic acids is 1. The van der Waals surface area contributed by atoms with Crippen LogP contribution >= 0.6 is 0 Å². The highest BCUT2D eigenvalue weighted by Gasteiger charge is 2.31. The van der Waals surface area contributed by atoms with Crippen molar-refractivity contribution in [2.75, 3.05) is 33.2 Å². The van der Waals surface area contributed by atoms with Crippen LogP contribution in [0.1, 0.15) is 46.4 Å². The quantitative estimate of drug-likeness (QED) is 0.225. The Morgan fingerprint density at radius 2 is 1.79 bits per heavy atom. The number of alkyl halides is 3. The van der Waals surface area contributed by atoms with Crippen LogP contribution in [0.15, 0.2) is 71.7 Å². The summed E-state index contributed by atoms with van der Waals surface area (Å²) < 4.78 is 44.5. The molecule has 0 bridgehead atoms. The molecule has 43 heavy (non-hydrogen) atoms. The average molecular weight is 590 g/mol. The van der Waals surface area contributed by atoms with Gasteiger partial charge in [-0.2, -0.15) is 23.5 Å². The number of nitrogens with zero attached hydrogens (tertiary/aromatic N) is 5. The number of pyridine rings is 1. The molecule has 8 nitrogen and oxygen atoms in total. The van der Waals surface area contributed by atoms with Crippen LogP contribution in [0.2, 0.25) is 0 Å². The maximum absolute atomic E-state index is 13.8. The fourth-order valence-electron chi connectivity index (χ4n) is 5.73. The van der Waals surface area contributed by atoms with E-state index >= 15 is 0 Å². The third kappa shape index (κ3) is 6.24. The number of aromatic nitrogens is 3. The second kappa shape index (κ2) is 11.9. The Bertz CT molecular complexity index is 1740. The molecule has 2 aromatic heterocycles. The monoisotopic (exact) mass is 589 g/mol. The number of hydrogen-bond acceptors (Lipinski definition) is 4. The summed E-state index contributed by atoms with van der Waals surface area (Å²) in [5.41, 5.74) is 0.558. The van der Waals surface area contributed by atoms with Gasteiger partial charge in [-0.25, -0.2) is 4.68 Å². The molecular weight excluding hydrogens is 557 g/mol. The van der Waals surface area contributed by atoms with Crippen molar-refractivity contribution in [3.05, 3.63) is 99.6 Å². The van der Waals surface area contributed by atoms with E-state index in [0.29, 0.717) is 34.7 Å². The van der Waals surface area contributed by atoms with E-state index in [4.69, 9.17) is 0 Å². The molecule has 2 aromatic carbocycles. The van der Waals surface area contributed by atoms with Crippen LogP contribution in [0.3, 0.4) is 0 Å². The zero-order valence-corrected chi connectivity index (χ0v) is 24.0. The van der Waals surface area contributed by atoms with Crippen LogP contribution in [0.5, 0.6) is 0 Å². The lowest BCUT2D eigenvalue weighted by atomic mass is 10.0. The Kier molecular flexibility index (Phi) is 8.24. The van der Waals surface area contributed by atoms with E-state index in [2.05, 4.69) is 23.5 Å². The van der Waals surface area contributed by atoms with E-state index in [9.17, 15) is 28.0 Å². The highest BCUT2D eigenvalue weighted by atomic mass is 19.4. The molecule has 0 saturated carbocycles. The second-order valence-electron chi connectivity index (χ2n) is 11.1. The van der Waals surface area contributed by atoms with Gasteiger partial charge in [0.1, 0.15) is 5.56 Å². The molecule has 1 aliphatic heterocycles. The topological polar surface area (TPSA) is 92.7 Å². The van der Waals surface area contributed by atoms with Gasteiger partial charge < -0.3 is 9.80 Å². The van der Waals surface area contributed by atoms with Crippen LogP contribution < -0.4 is 10.9 Å². The molecule has 0 radical (unpaired) electrons. The molecule has 222 valence electrons. The fraction of sp³-hybridized carbons (Fsp3) is 0.312. The van der Waals surface area contributed by atoms with Crippen molar-refractivity contribution in [1.82, 2.24) is 19.7 Å². The van der Waals surface area contributed by atoms with Crippen LogP contribution in [0, 0.1) is 18.3 Å². The van der Waals surface area contributed by atoms with Gasteiger partial charge in [0.2, 0.25) is 0 Å². The molecule has 0 aliphatic carbocycles. The molecule has 4 aromatic rings. The maximum atomic E-state index is 13.8. The lowest BCUT2D eigenvalue weighted by Gasteiger charge is -2.29. The number of halogens is 3. The van der Waals surface area contributed by atoms with E-state index in [0.717, 1.165) is 47.2 Å². The maximum Gasteiger partial charge on any atom is 0.416 e. The van der Waals surface area contributed by atoms with Gasteiger partial charge in [-0.05, 0) is 61.5 Å². The molecule has 5 rings (SSSR count). The first-order valence-electron chi connectivity index (χ1n) is 14.1. The zero-order chi connectivity index (χ0) is 30.8. The van der Waals surface area contributed by atoms with Gasteiger partial charge in [-0.3, -0.25) is 14.2 Å². The minimum absolute atomic E-state index is 0.0101. The summed E-state index contributed by atoms with van der Waals surface area (Å²) in [7, 11) is 2.20. The Morgan fingerprint density at radius 1 is 1.07 bits per heavy atom. The highest BCUT2D eigenvalue weighted by Crippen LogP contribution is 2.32. The highest BCUT2D eigenvalue weighted by molar-refractivity contribution is 5.95. The number of rotatable bonds is 8. The minimum atomic E-state index is -4.62. The lowest BCUT2D eigenvalue weighted by Crippen LogP contribution is -2.43. The first kappa shape index (κ1) is 29.8. The third-order valence-electron chi connectivity index (χ3n) is 8.09. The summed E-state index contributed by atoms with van der Waals surface area (Å²) in [6, 6.07) is 16.4. The molecule has 1 N–H and O–H groups in total. The van der Waals surface area contributed by atoms with Crippen molar-refractivity contribution in [3.63, 3.8) is 0 Å². The van der Waals surface area contributed by atoms with Gasteiger partial charge in [-0.15, -0.1) is 0 Å². The van der Waals surface area contributed by atoms with Gasteiger partial charge in [0.15, 0.2) is 0 Å². The molecule has 3 heterocycles. The molecule has 1 amide bonds. The van der Waals surface area contributed by atoms with Crippen LogP contribution in [0.25, 0.3) is 22.6 Å². The van der Waals surface area contributed by atoms with Crippen molar-refractivity contribution in [3.8, 4) is 28.7 Å². The number of hydrogen-bond donors (Lipinski definition) is 1. The summed E-state index contributed by atoms with van der Waals surface area (Å²) >= 11 is 0. The smallest absolute Gasteiger partial charge is 0.352 e. The number of carbonyl (C=O) groups is 1. The predicted molar refractivity (Wildman–Crippen MR) is 156 cm³/mol. The van der Waals surface area contributed by atoms with E-state index < -0.39 is 23.2 Å². The Hall–Kier alpha value is -4.69. The summed E-state index contributed by atoms with van der Waals surface area (Å²) in [6.45, 7) is 5.09. The molecule has 0 spiro atoms. The number of quaternary nitrogens is 1. The van der Waals surface area contributed by atoms with Gasteiger partial charge >= 0.3 is 6.18 Å². The molecule has 0 unspecified atom stereocenters. The molecular formula is C32H32F3N6O2+. The molecule has 0 atom stereocenters. The lowest BCUT2D eigenvalue weighted by molar-refractivity contribution is -0.897. The number of nitriles is 1. The molecule has 1 fully saturated rings. The van der Waals surface area contributed by atoms with E-state index in [1.807, 2.05) is 0 Å². The first-order valence-corrected chi connectivity index (χ1v) is 14.1. The SMILES string of the molecule is Cc1c(-c2ccnn2-c2ccc(C#N)cc2)cc(C(=O)NCCC[N+]2(C)CCCC2)c(=O)n1-c1cccc(C(F)(F)F)c1. The number of nitrogens with one attached hydrogen (secondary N) is 1. The third-order valence-corrected chi connectivity index (χ3v) is 8.09. The number of amides is 1. The van der Waals surface area contributed by atoms with Crippen molar-refractivity contribution < 1.29 is 22.4 Å². The zero-order valence-electron chi connectivity index (χ0n) is 24.0. The van der Waals surface area contributed by atoms with Crippen LogP contribution in [-0.4, -0.2) is 58.0 Å². The minimum Gasteiger partial charge on any atom is -0.352 e. The first-order chi connectivity index (χ1) is 20.5. The van der Waals surface area contributed by atoms with Crippen molar-refractivity contribution >= 4 is 5.91 Å². The average Bonchev–Trinajstić information content (AvgIpc) is 3.65. The summed E-state index contributed by atoms with van der Waals surface area (Å²) in [4.78, 5) is 27.2. The summed E-state index contributed by atoms with van der Waals surface area (Å²) in [5.74, 6) is -0.597. The van der Waals surface area contributed by atoms with Gasteiger partial charge in [0.05, 0.1) is 61.5 Å². The molecule has 1 aliphatic rings. The molecule has 1 saturated heterocycles. The standard InChI is InChI=1S/C32H31F3N6O2/c1-22-27(29-13-15-38-40(29)25-11-9-23(21-36)10-12-25)20-28(30(42)37-14-6-18-41(2)16-3-4-17-41)31(43)39(22)26-8-5-7-24(19-26)32(33,34)35/h5,7-13,15,19-20H,3-4,6,14,16-18H2,1-2H3/p+1. The summed E-state index contributed by atoms with van der Waals surface area (Å²) in [5, 5.41) is 16.4. The normalized spacial score (nSPS) is 14.4. The van der Waals surface area contributed by atoms with Crippen LogP contribution in [0.4, 0.5) is 13.2 Å². The van der Waals surface area contributed by atoms with Crippen molar-refractivity contribution in [1.29, 1.82) is 5.26 Å². The van der Waals surface area contributed by atoms with E-state index in [-0.39, 0.29) is 11.3 Å². The Morgan fingerprint density at radius 3 is 2.47 bits per heavy atom.